The van der Waals surface area contributed by atoms with Crippen molar-refractivity contribution in [2.75, 3.05) is 25.2 Å². The molecule has 0 aliphatic carbocycles. The van der Waals surface area contributed by atoms with E-state index >= 15 is 0 Å². The molecular weight excluding hydrogens is 230 g/mol. The minimum atomic E-state index is 0.399. The van der Waals surface area contributed by atoms with Gasteiger partial charge in [-0.2, -0.15) is 11.8 Å². The first kappa shape index (κ1) is 12.8. The standard InChI is InChI=1S/C14H21NOS/c1-11(15-9-12-6-7-17-10-12)13-4-3-5-14(8-13)16-2/h3-5,8,11-12,15H,6-7,9-10H2,1-2H3. The monoisotopic (exact) mass is 251 g/mol. The predicted molar refractivity (Wildman–Crippen MR) is 74.8 cm³/mol. The zero-order chi connectivity index (χ0) is 12.1. The molecule has 2 rings (SSSR count). The highest BCUT2D eigenvalue weighted by Crippen LogP contribution is 2.24. The van der Waals surface area contributed by atoms with Crippen LogP contribution in [0, 0.1) is 5.92 Å². The first-order valence-electron chi connectivity index (χ1n) is 6.24. The largest absolute Gasteiger partial charge is 0.497 e. The number of rotatable bonds is 5. The fourth-order valence-electron chi connectivity index (χ4n) is 2.12. The van der Waals surface area contributed by atoms with Crippen molar-refractivity contribution in [3.05, 3.63) is 29.8 Å². The molecule has 1 saturated heterocycles. The molecule has 0 amide bonds. The molecule has 94 valence electrons. The maximum atomic E-state index is 5.25. The van der Waals surface area contributed by atoms with Gasteiger partial charge in [0.25, 0.3) is 0 Å². The van der Waals surface area contributed by atoms with Crippen LogP contribution in [0.5, 0.6) is 5.75 Å². The van der Waals surface area contributed by atoms with E-state index in [0.717, 1.165) is 18.2 Å². The third kappa shape index (κ3) is 3.65. The van der Waals surface area contributed by atoms with Gasteiger partial charge in [0.15, 0.2) is 0 Å². The van der Waals surface area contributed by atoms with Gasteiger partial charge in [-0.15, -0.1) is 0 Å². The third-order valence-corrected chi connectivity index (χ3v) is 4.56. The van der Waals surface area contributed by atoms with Crippen LogP contribution in [-0.4, -0.2) is 25.2 Å². The van der Waals surface area contributed by atoms with Gasteiger partial charge in [-0.1, -0.05) is 12.1 Å². The molecule has 0 radical (unpaired) electrons. The summed E-state index contributed by atoms with van der Waals surface area (Å²) in [6.45, 7) is 3.35. The Bertz CT molecular complexity index is 350. The van der Waals surface area contributed by atoms with Crippen LogP contribution < -0.4 is 10.1 Å². The molecule has 2 atom stereocenters. The van der Waals surface area contributed by atoms with Crippen molar-refractivity contribution in [3.8, 4) is 5.75 Å². The summed E-state index contributed by atoms with van der Waals surface area (Å²) < 4.78 is 5.25. The number of methoxy groups -OCH3 is 1. The third-order valence-electron chi connectivity index (χ3n) is 3.33. The highest BCUT2D eigenvalue weighted by Gasteiger charge is 2.16. The number of nitrogens with one attached hydrogen (secondary N) is 1. The van der Waals surface area contributed by atoms with Gasteiger partial charge in [0, 0.05) is 6.04 Å². The lowest BCUT2D eigenvalue weighted by Gasteiger charge is -2.17. The van der Waals surface area contributed by atoms with Crippen molar-refractivity contribution in [2.24, 2.45) is 5.92 Å². The van der Waals surface area contributed by atoms with E-state index in [0.29, 0.717) is 6.04 Å². The zero-order valence-corrected chi connectivity index (χ0v) is 11.4. The van der Waals surface area contributed by atoms with Crippen LogP contribution in [0.1, 0.15) is 24.9 Å². The zero-order valence-electron chi connectivity index (χ0n) is 10.6. The maximum absolute atomic E-state index is 5.25. The van der Waals surface area contributed by atoms with Gasteiger partial charge in [-0.25, -0.2) is 0 Å². The van der Waals surface area contributed by atoms with Crippen molar-refractivity contribution in [1.82, 2.24) is 5.32 Å². The summed E-state index contributed by atoms with van der Waals surface area (Å²) in [5, 5.41) is 3.62. The molecule has 2 unspecified atom stereocenters. The molecule has 0 aromatic heterocycles. The van der Waals surface area contributed by atoms with E-state index in [1.165, 1.54) is 23.5 Å². The summed E-state index contributed by atoms with van der Waals surface area (Å²) in [5.41, 5.74) is 1.30. The summed E-state index contributed by atoms with van der Waals surface area (Å²) in [6.07, 6.45) is 1.36. The van der Waals surface area contributed by atoms with Gasteiger partial charge in [0.05, 0.1) is 7.11 Å². The van der Waals surface area contributed by atoms with Crippen LogP contribution in [0.2, 0.25) is 0 Å². The number of ether oxygens (including phenoxy) is 1. The number of hydrogen-bond donors (Lipinski definition) is 1. The number of hydrogen-bond acceptors (Lipinski definition) is 3. The van der Waals surface area contributed by atoms with E-state index in [2.05, 4.69) is 42.2 Å². The molecule has 0 bridgehead atoms. The second-order valence-corrected chi connectivity index (χ2v) is 5.79. The van der Waals surface area contributed by atoms with E-state index in [9.17, 15) is 0 Å². The SMILES string of the molecule is COc1cccc(C(C)NCC2CCSC2)c1. The molecule has 0 saturated carbocycles. The van der Waals surface area contributed by atoms with Crippen LogP contribution in [0.15, 0.2) is 24.3 Å². The molecule has 17 heavy (non-hydrogen) atoms. The normalized spacial score (nSPS) is 21.4. The van der Waals surface area contributed by atoms with Gasteiger partial charge < -0.3 is 10.1 Å². The van der Waals surface area contributed by atoms with Crippen LogP contribution >= 0.6 is 11.8 Å². The fourth-order valence-corrected chi connectivity index (χ4v) is 3.40. The molecule has 1 fully saturated rings. The molecule has 2 nitrogen and oxygen atoms in total. The highest BCUT2D eigenvalue weighted by atomic mass is 32.2. The van der Waals surface area contributed by atoms with Crippen LogP contribution in [0.25, 0.3) is 0 Å². The second-order valence-electron chi connectivity index (χ2n) is 4.64. The highest BCUT2D eigenvalue weighted by molar-refractivity contribution is 7.99. The lowest BCUT2D eigenvalue weighted by Crippen LogP contribution is -2.25. The Morgan fingerprint density at radius 3 is 3.12 bits per heavy atom. The van der Waals surface area contributed by atoms with Crippen molar-refractivity contribution < 1.29 is 4.74 Å². The van der Waals surface area contributed by atoms with E-state index in [4.69, 9.17) is 4.74 Å². The molecule has 0 spiro atoms. The lowest BCUT2D eigenvalue weighted by molar-refractivity contribution is 0.412. The molecule has 1 aromatic carbocycles. The molecule has 3 heteroatoms. The van der Waals surface area contributed by atoms with Crippen molar-refractivity contribution >= 4 is 11.8 Å². The fraction of sp³-hybridized carbons (Fsp3) is 0.571. The lowest BCUT2D eigenvalue weighted by atomic mass is 10.1. The molecule has 1 aliphatic rings. The van der Waals surface area contributed by atoms with E-state index in [1.54, 1.807) is 7.11 Å². The van der Waals surface area contributed by atoms with Crippen LogP contribution in [0.3, 0.4) is 0 Å². The van der Waals surface area contributed by atoms with Gasteiger partial charge in [-0.05, 0) is 55.0 Å². The first-order chi connectivity index (χ1) is 8.29. The Hall–Kier alpha value is -0.670. The average molecular weight is 251 g/mol. The van der Waals surface area contributed by atoms with Crippen molar-refractivity contribution in [2.45, 2.75) is 19.4 Å². The Kier molecular flexibility index (Phi) is 4.75. The van der Waals surface area contributed by atoms with Gasteiger partial charge in [0.1, 0.15) is 5.75 Å². The van der Waals surface area contributed by atoms with Gasteiger partial charge in [0.2, 0.25) is 0 Å². The molecule has 1 heterocycles. The number of thioether (sulfide) groups is 1. The summed E-state index contributed by atoms with van der Waals surface area (Å²) in [6, 6.07) is 8.71. The summed E-state index contributed by atoms with van der Waals surface area (Å²) in [4.78, 5) is 0. The van der Waals surface area contributed by atoms with E-state index < -0.39 is 0 Å². The topological polar surface area (TPSA) is 21.3 Å². The van der Waals surface area contributed by atoms with Crippen molar-refractivity contribution in [3.63, 3.8) is 0 Å². The molecule has 1 N–H and O–H groups in total. The van der Waals surface area contributed by atoms with Crippen LogP contribution in [0.4, 0.5) is 0 Å². The Morgan fingerprint density at radius 2 is 2.41 bits per heavy atom. The molecule has 1 aliphatic heterocycles. The molecular formula is C14H21NOS. The van der Waals surface area contributed by atoms with Gasteiger partial charge in [-0.3, -0.25) is 0 Å². The van der Waals surface area contributed by atoms with E-state index in [-0.39, 0.29) is 0 Å². The average Bonchev–Trinajstić information content (AvgIpc) is 2.89. The summed E-state index contributed by atoms with van der Waals surface area (Å²) in [5.74, 6) is 4.44. The minimum Gasteiger partial charge on any atom is -0.497 e. The van der Waals surface area contributed by atoms with E-state index in [1.807, 2.05) is 6.07 Å². The Morgan fingerprint density at radius 1 is 1.53 bits per heavy atom. The quantitative estimate of drug-likeness (QED) is 0.869. The predicted octanol–water partition coefficient (Wildman–Crippen LogP) is 3.10. The first-order valence-corrected chi connectivity index (χ1v) is 7.40. The second kappa shape index (κ2) is 6.31. The Labute approximate surface area is 108 Å². The Balaban J connectivity index is 1.87. The minimum absolute atomic E-state index is 0.399. The molecule has 1 aromatic rings. The van der Waals surface area contributed by atoms with Crippen molar-refractivity contribution in [1.29, 1.82) is 0 Å². The smallest absolute Gasteiger partial charge is 0.119 e. The number of benzene rings is 1. The maximum Gasteiger partial charge on any atom is 0.119 e. The summed E-state index contributed by atoms with van der Waals surface area (Å²) in [7, 11) is 1.72. The van der Waals surface area contributed by atoms with Gasteiger partial charge >= 0.3 is 0 Å². The van der Waals surface area contributed by atoms with Crippen LogP contribution in [-0.2, 0) is 0 Å². The summed E-state index contributed by atoms with van der Waals surface area (Å²) >= 11 is 2.08.